The third kappa shape index (κ3) is 0.623. The van der Waals surface area contributed by atoms with E-state index in [2.05, 4.69) is 0 Å². The first-order valence-electron chi connectivity index (χ1n) is 3.45. The number of fused-ring (bicyclic) bond motifs is 1. The molecule has 1 saturated carbocycles. The maximum atomic E-state index is 10.5. The first kappa shape index (κ1) is 5.97. The number of nitrogens with two attached hydrogens (primary N) is 1. The zero-order chi connectivity index (χ0) is 7.30. The van der Waals surface area contributed by atoms with Crippen LogP contribution in [0.15, 0.2) is 0 Å². The molecule has 2 fully saturated rings. The Morgan fingerprint density at radius 2 is 2.40 bits per heavy atom. The van der Waals surface area contributed by atoms with Crippen molar-refractivity contribution in [3.63, 3.8) is 0 Å². The van der Waals surface area contributed by atoms with Crippen molar-refractivity contribution in [1.29, 1.82) is 0 Å². The molecule has 0 aromatic heterocycles. The number of likely N-dealkylation sites (tertiary alicyclic amines) is 1. The van der Waals surface area contributed by atoms with Gasteiger partial charge < -0.3 is 15.7 Å². The van der Waals surface area contributed by atoms with Gasteiger partial charge in [-0.15, -0.1) is 0 Å². The van der Waals surface area contributed by atoms with Crippen molar-refractivity contribution in [1.82, 2.24) is 4.90 Å². The standard InChI is InChI=1S/C6H10N2O2/c7-4-2-8(6(9)10)5-1-3(4)5/h3-5H,1-2,7H2,(H,9,10)/t3?,4-,5?/m1/s1. The third-order valence-electron chi connectivity index (χ3n) is 2.41. The minimum absolute atomic E-state index is 0.0982. The van der Waals surface area contributed by atoms with E-state index in [-0.39, 0.29) is 12.1 Å². The SMILES string of the molecule is N[C@@H]1CN(C(=O)O)C2CC21. The van der Waals surface area contributed by atoms with Crippen LogP contribution in [0.25, 0.3) is 0 Å². The number of nitrogens with zero attached hydrogens (tertiary/aromatic N) is 1. The summed E-state index contributed by atoms with van der Waals surface area (Å²) in [5.74, 6) is 0.469. The predicted molar refractivity (Wildman–Crippen MR) is 34.6 cm³/mol. The molecule has 2 rings (SSSR count). The van der Waals surface area contributed by atoms with E-state index in [9.17, 15) is 4.79 Å². The van der Waals surface area contributed by atoms with Gasteiger partial charge in [-0.3, -0.25) is 0 Å². The summed E-state index contributed by atoms with van der Waals surface area (Å²) in [6.07, 6.45) is 0.161. The second-order valence-corrected chi connectivity index (χ2v) is 3.07. The fourth-order valence-electron chi connectivity index (χ4n) is 1.74. The lowest BCUT2D eigenvalue weighted by Gasteiger charge is -2.14. The molecular formula is C6H10N2O2. The Kier molecular flexibility index (Phi) is 0.976. The summed E-state index contributed by atoms with van der Waals surface area (Å²) in [5.41, 5.74) is 5.64. The Morgan fingerprint density at radius 3 is 2.60 bits per heavy atom. The van der Waals surface area contributed by atoms with Crippen LogP contribution in [-0.2, 0) is 0 Å². The van der Waals surface area contributed by atoms with Crippen molar-refractivity contribution in [2.75, 3.05) is 6.54 Å². The molecule has 0 aromatic carbocycles. The van der Waals surface area contributed by atoms with Crippen molar-refractivity contribution >= 4 is 6.09 Å². The van der Waals surface area contributed by atoms with Gasteiger partial charge in [-0.2, -0.15) is 0 Å². The van der Waals surface area contributed by atoms with Gasteiger partial charge in [0, 0.05) is 18.6 Å². The van der Waals surface area contributed by atoms with Gasteiger partial charge in [0.25, 0.3) is 0 Å². The topological polar surface area (TPSA) is 66.6 Å². The van der Waals surface area contributed by atoms with Gasteiger partial charge in [0.2, 0.25) is 0 Å². The van der Waals surface area contributed by atoms with Crippen molar-refractivity contribution < 1.29 is 9.90 Å². The molecule has 0 aromatic rings. The molecule has 3 atom stereocenters. The van der Waals surface area contributed by atoms with E-state index in [0.29, 0.717) is 12.5 Å². The summed E-state index contributed by atoms with van der Waals surface area (Å²) < 4.78 is 0. The molecule has 1 aliphatic heterocycles. The zero-order valence-electron chi connectivity index (χ0n) is 5.53. The van der Waals surface area contributed by atoms with Crippen LogP contribution in [0, 0.1) is 5.92 Å². The van der Waals surface area contributed by atoms with Gasteiger partial charge in [-0.05, 0) is 12.3 Å². The highest BCUT2D eigenvalue weighted by atomic mass is 16.4. The largest absolute Gasteiger partial charge is 0.465 e. The van der Waals surface area contributed by atoms with Gasteiger partial charge >= 0.3 is 6.09 Å². The highest BCUT2D eigenvalue weighted by Crippen LogP contribution is 2.43. The maximum Gasteiger partial charge on any atom is 0.407 e. The summed E-state index contributed by atoms with van der Waals surface area (Å²) in [6, 6.07) is 0.355. The highest BCUT2D eigenvalue weighted by Gasteiger charge is 2.53. The van der Waals surface area contributed by atoms with Crippen LogP contribution in [0.1, 0.15) is 6.42 Å². The van der Waals surface area contributed by atoms with Crippen LogP contribution < -0.4 is 5.73 Å². The number of amides is 1. The van der Waals surface area contributed by atoms with Crippen molar-refractivity contribution in [2.24, 2.45) is 11.7 Å². The minimum atomic E-state index is -0.819. The van der Waals surface area contributed by atoms with E-state index in [0.717, 1.165) is 6.42 Å². The molecule has 2 unspecified atom stereocenters. The van der Waals surface area contributed by atoms with Gasteiger partial charge in [0.1, 0.15) is 0 Å². The molecule has 56 valence electrons. The van der Waals surface area contributed by atoms with Crippen molar-refractivity contribution in [2.45, 2.75) is 18.5 Å². The van der Waals surface area contributed by atoms with Gasteiger partial charge in [-0.1, -0.05) is 0 Å². The smallest absolute Gasteiger partial charge is 0.407 e. The quantitative estimate of drug-likeness (QED) is 0.487. The fraction of sp³-hybridized carbons (Fsp3) is 0.833. The molecule has 0 bridgehead atoms. The summed E-state index contributed by atoms with van der Waals surface area (Å²) in [5, 5.41) is 8.60. The predicted octanol–water partition coefficient (Wildman–Crippen LogP) is -0.304. The maximum absolute atomic E-state index is 10.5. The number of piperidine rings is 1. The molecule has 0 radical (unpaired) electrons. The van der Waals surface area contributed by atoms with Gasteiger partial charge in [0.05, 0.1) is 0 Å². The molecule has 1 aliphatic carbocycles. The molecule has 1 amide bonds. The summed E-state index contributed by atoms with van der Waals surface area (Å²) in [4.78, 5) is 11.9. The first-order chi connectivity index (χ1) is 4.70. The zero-order valence-corrected chi connectivity index (χ0v) is 5.53. The second-order valence-electron chi connectivity index (χ2n) is 3.07. The normalized spacial score (nSPS) is 43.3. The Labute approximate surface area is 58.6 Å². The lowest BCUT2D eigenvalue weighted by atomic mass is 10.2. The van der Waals surface area contributed by atoms with E-state index in [1.54, 1.807) is 0 Å². The Bertz CT molecular complexity index is 183. The number of hydrogen-bond donors (Lipinski definition) is 2. The molecule has 1 heterocycles. The second kappa shape index (κ2) is 1.63. The number of rotatable bonds is 0. The number of carbonyl (C=O) groups is 1. The lowest BCUT2D eigenvalue weighted by Crippen LogP contribution is -2.35. The van der Waals surface area contributed by atoms with Crippen LogP contribution in [0.2, 0.25) is 0 Å². The number of hydrogen-bond acceptors (Lipinski definition) is 2. The summed E-state index contributed by atoms with van der Waals surface area (Å²) in [7, 11) is 0. The Balaban J connectivity index is 2.08. The van der Waals surface area contributed by atoms with Gasteiger partial charge in [-0.25, -0.2) is 4.79 Å². The van der Waals surface area contributed by atoms with E-state index in [1.807, 2.05) is 0 Å². The molecular weight excluding hydrogens is 132 g/mol. The average molecular weight is 142 g/mol. The molecule has 3 N–H and O–H groups in total. The van der Waals surface area contributed by atoms with Crippen molar-refractivity contribution in [3.8, 4) is 0 Å². The molecule has 10 heavy (non-hydrogen) atoms. The average Bonchev–Trinajstić information content (AvgIpc) is 2.55. The molecule has 2 aliphatic rings. The first-order valence-corrected chi connectivity index (χ1v) is 3.45. The van der Waals surface area contributed by atoms with Crippen LogP contribution in [0.3, 0.4) is 0 Å². The third-order valence-corrected chi connectivity index (χ3v) is 2.41. The van der Waals surface area contributed by atoms with E-state index in [4.69, 9.17) is 10.8 Å². The van der Waals surface area contributed by atoms with Gasteiger partial charge in [0.15, 0.2) is 0 Å². The summed E-state index contributed by atoms with van der Waals surface area (Å²) >= 11 is 0. The lowest BCUT2D eigenvalue weighted by molar-refractivity contribution is 0.148. The molecule has 4 nitrogen and oxygen atoms in total. The molecule has 1 saturated heterocycles. The van der Waals surface area contributed by atoms with Crippen LogP contribution in [0.5, 0.6) is 0 Å². The Morgan fingerprint density at radius 1 is 1.70 bits per heavy atom. The molecule has 4 heteroatoms. The van der Waals surface area contributed by atoms with Crippen LogP contribution >= 0.6 is 0 Å². The Hall–Kier alpha value is -0.770. The minimum Gasteiger partial charge on any atom is -0.465 e. The van der Waals surface area contributed by atoms with Crippen molar-refractivity contribution in [3.05, 3.63) is 0 Å². The van der Waals surface area contributed by atoms with Crippen LogP contribution in [-0.4, -0.2) is 34.7 Å². The number of carboxylic acid groups (broad SMARTS) is 1. The highest BCUT2D eigenvalue weighted by molar-refractivity contribution is 5.67. The summed E-state index contributed by atoms with van der Waals surface area (Å²) in [6.45, 7) is 0.532. The van der Waals surface area contributed by atoms with E-state index in [1.165, 1.54) is 4.90 Å². The molecule has 0 spiro atoms. The van der Waals surface area contributed by atoms with Crippen LogP contribution in [0.4, 0.5) is 4.79 Å². The van der Waals surface area contributed by atoms with E-state index < -0.39 is 6.09 Å². The van der Waals surface area contributed by atoms with E-state index >= 15 is 0 Å². The monoisotopic (exact) mass is 142 g/mol. The fourth-order valence-corrected chi connectivity index (χ4v) is 1.74.